The van der Waals surface area contributed by atoms with E-state index < -0.39 is 0 Å². The van der Waals surface area contributed by atoms with E-state index in [-0.39, 0.29) is 5.41 Å². The Morgan fingerprint density at radius 2 is 1.74 bits per heavy atom. The van der Waals surface area contributed by atoms with Crippen LogP contribution < -0.4 is 16.8 Å². The first-order valence-corrected chi connectivity index (χ1v) is 11.3. The zero-order chi connectivity index (χ0) is 21.4. The number of hydrogen-bond acceptors (Lipinski definition) is 5. The second-order valence-electron chi connectivity index (χ2n) is 9.21. The van der Waals surface area contributed by atoms with Crippen molar-refractivity contribution in [3.63, 3.8) is 0 Å². The molecule has 2 saturated carbocycles. The number of pyridine rings is 1. The molecule has 31 heavy (non-hydrogen) atoms. The van der Waals surface area contributed by atoms with Gasteiger partial charge in [0.05, 0.1) is 10.9 Å². The minimum Gasteiger partial charge on any atom is -0.381 e. The molecule has 5 heteroatoms. The van der Waals surface area contributed by atoms with E-state index in [0.717, 1.165) is 83.7 Å². The Bertz CT molecular complexity index is 1100. The van der Waals surface area contributed by atoms with E-state index in [1.807, 2.05) is 6.20 Å². The number of aromatic nitrogens is 1. The summed E-state index contributed by atoms with van der Waals surface area (Å²) >= 11 is 0. The van der Waals surface area contributed by atoms with Crippen LogP contribution >= 0.6 is 0 Å². The molecule has 2 aromatic carbocycles. The maximum Gasteiger partial charge on any atom is 0.130 e. The van der Waals surface area contributed by atoms with Gasteiger partial charge in [-0.05, 0) is 67.3 Å². The summed E-state index contributed by atoms with van der Waals surface area (Å²) in [5.74, 6) is 0. The molecule has 3 aromatic rings. The highest BCUT2D eigenvalue weighted by atomic mass is 16.1. The highest BCUT2D eigenvalue weighted by Crippen LogP contribution is 2.50. The average Bonchev–Trinajstić information content (AvgIpc) is 3.61. The number of benzene rings is 2. The molecule has 5 rings (SSSR count). The molecule has 0 saturated heterocycles. The molecule has 2 aliphatic rings. The Morgan fingerprint density at radius 3 is 2.39 bits per heavy atom. The molecule has 0 unspecified atom stereocenters. The molecule has 2 aliphatic carbocycles. The van der Waals surface area contributed by atoms with E-state index in [2.05, 4.69) is 47.8 Å². The monoisotopic (exact) mass is 414 g/mol. The van der Waals surface area contributed by atoms with Crippen molar-refractivity contribution in [1.82, 2.24) is 4.98 Å². The fourth-order valence-electron chi connectivity index (χ4n) is 4.79. The molecule has 160 valence electrons. The van der Waals surface area contributed by atoms with Gasteiger partial charge in [-0.25, -0.2) is 0 Å². The van der Waals surface area contributed by atoms with Gasteiger partial charge < -0.3 is 21.6 Å². The van der Waals surface area contributed by atoms with Crippen molar-refractivity contribution in [2.75, 3.05) is 5.32 Å². The van der Waals surface area contributed by atoms with Crippen LogP contribution in [0.25, 0.3) is 22.0 Å². The number of rotatable bonds is 6. The first kappa shape index (κ1) is 20.2. The van der Waals surface area contributed by atoms with Gasteiger partial charge in [0.1, 0.15) is 6.29 Å². The van der Waals surface area contributed by atoms with Crippen molar-refractivity contribution in [2.45, 2.75) is 62.6 Å². The Balaban J connectivity index is 1.60. The summed E-state index contributed by atoms with van der Waals surface area (Å²) in [5.41, 5.74) is 18.0. The van der Waals surface area contributed by atoms with E-state index in [1.54, 1.807) is 0 Å². The molecule has 1 heterocycles. The highest BCUT2D eigenvalue weighted by molar-refractivity contribution is 5.98. The van der Waals surface area contributed by atoms with Gasteiger partial charge in [0, 0.05) is 41.5 Å². The zero-order valence-electron chi connectivity index (χ0n) is 17.8. The maximum atomic E-state index is 12.0. The Kier molecular flexibility index (Phi) is 5.24. The SMILES string of the molecule is NCc1ccc(-c2ccc3ncc(C4(C=O)CC4)c(NC4CCC(N)CC4)c3c2)cc1. The first-order chi connectivity index (χ1) is 15.1. The summed E-state index contributed by atoms with van der Waals surface area (Å²) in [6.45, 7) is 0.540. The topological polar surface area (TPSA) is 94.0 Å². The zero-order valence-corrected chi connectivity index (χ0v) is 17.8. The summed E-state index contributed by atoms with van der Waals surface area (Å²) in [6, 6.07) is 15.5. The fourth-order valence-corrected chi connectivity index (χ4v) is 4.79. The molecule has 0 aliphatic heterocycles. The van der Waals surface area contributed by atoms with E-state index >= 15 is 0 Å². The second kappa shape index (κ2) is 8.06. The van der Waals surface area contributed by atoms with Crippen molar-refractivity contribution in [1.29, 1.82) is 0 Å². The lowest BCUT2D eigenvalue weighted by Crippen LogP contribution is -2.33. The van der Waals surface area contributed by atoms with Crippen LogP contribution in [0.1, 0.15) is 49.7 Å². The Morgan fingerprint density at radius 1 is 1.03 bits per heavy atom. The second-order valence-corrected chi connectivity index (χ2v) is 9.21. The van der Waals surface area contributed by atoms with Crippen LogP contribution in [0.15, 0.2) is 48.7 Å². The minimum absolute atomic E-state index is 0.305. The number of nitrogens with one attached hydrogen (secondary N) is 1. The number of anilines is 1. The van der Waals surface area contributed by atoms with Crippen molar-refractivity contribution < 1.29 is 4.79 Å². The van der Waals surface area contributed by atoms with E-state index in [1.165, 1.54) is 0 Å². The quantitative estimate of drug-likeness (QED) is 0.524. The van der Waals surface area contributed by atoms with Gasteiger partial charge in [0.15, 0.2) is 0 Å². The molecule has 5 nitrogen and oxygen atoms in total. The van der Waals surface area contributed by atoms with Crippen LogP contribution in [0.2, 0.25) is 0 Å². The molecular formula is C26H30N4O. The van der Waals surface area contributed by atoms with Gasteiger partial charge in [-0.15, -0.1) is 0 Å². The van der Waals surface area contributed by atoms with Gasteiger partial charge in [-0.2, -0.15) is 0 Å². The molecule has 1 aromatic heterocycles. The van der Waals surface area contributed by atoms with Crippen LogP contribution in [0.5, 0.6) is 0 Å². The molecule has 5 N–H and O–H groups in total. The summed E-state index contributed by atoms with van der Waals surface area (Å²) < 4.78 is 0. The van der Waals surface area contributed by atoms with Gasteiger partial charge in [0.25, 0.3) is 0 Å². The molecule has 0 bridgehead atoms. The molecule has 0 spiro atoms. The van der Waals surface area contributed by atoms with E-state index in [4.69, 9.17) is 16.5 Å². The van der Waals surface area contributed by atoms with Crippen LogP contribution in [0.4, 0.5) is 5.69 Å². The number of carbonyl (C=O) groups is 1. The van der Waals surface area contributed by atoms with Crippen LogP contribution in [-0.2, 0) is 16.8 Å². The van der Waals surface area contributed by atoms with E-state index in [0.29, 0.717) is 18.6 Å². The predicted octanol–water partition coefficient (Wildman–Crippen LogP) is 4.27. The summed E-state index contributed by atoms with van der Waals surface area (Å²) in [7, 11) is 0. The minimum atomic E-state index is -0.382. The fraction of sp³-hybridized carbons (Fsp3) is 0.385. The number of aldehydes is 1. The molecule has 0 atom stereocenters. The first-order valence-electron chi connectivity index (χ1n) is 11.3. The third-order valence-electron chi connectivity index (χ3n) is 7.06. The molecular weight excluding hydrogens is 384 g/mol. The third-order valence-corrected chi connectivity index (χ3v) is 7.06. The summed E-state index contributed by atoms with van der Waals surface area (Å²) in [5, 5.41) is 4.90. The highest BCUT2D eigenvalue weighted by Gasteiger charge is 2.46. The van der Waals surface area contributed by atoms with Crippen LogP contribution in [0, 0.1) is 0 Å². The summed E-state index contributed by atoms with van der Waals surface area (Å²) in [4.78, 5) is 16.7. The van der Waals surface area contributed by atoms with Crippen molar-refractivity contribution in [3.8, 4) is 11.1 Å². The number of nitrogens with zero attached hydrogens (tertiary/aromatic N) is 1. The van der Waals surface area contributed by atoms with Gasteiger partial charge in [-0.1, -0.05) is 30.3 Å². The molecule has 2 fully saturated rings. The lowest BCUT2D eigenvalue weighted by Gasteiger charge is -2.29. The largest absolute Gasteiger partial charge is 0.381 e. The van der Waals surface area contributed by atoms with Crippen LogP contribution in [0.3, 0.4) is 0 Å². The van der Waals surface area contributed by atoms with Crippen molar-refractivity contribution >= 4 is 22.9 Å². The standard InChI is InChI=1S/C26H30N4O/c27-14-17-1-3-18(4-2-17)19-5-10-24-22(13-19)25(30-21-8-6-20(28)7-9-21)23(15-29-24)26(16-31)11-12-26/h1-5,10,13,15-16,20-21H,6-9,11-12,14,27-28H2,(H,29,30). The Hall–Kier alpha value is -2.76. The van der Waals surface area contributed by atoms with Gasteiger partial charge in [0.2, 0.25) is 0 Å². The smallest absolute Gasteiger partial charge is 0.130 e. The maximum absolute atomic E-state index is 12.0. The normalized spacial score (nSPS) is 22.3. The van der Waals surface area contributed by atoms with Gasteiger partial charge in [-0.3, -0.25) is 4.98 Å². The Labute approximate surface area is 183 Å². The average molecular weight is 415 g/mol. The van der Waals surface area contributed by atoms with Crippen LogP contribution in [-0.4, -0.2) is 23.4 Å². The number of hydrogen-bond donors (Lipinski definition) is 3. The van der Waals surface area contributed by atoms with Gasteiger partial charge >= 0.3 is 0 Å². The lowest BCUT2D eigenvalue weighted by molar-refractivity contribution is -0.109. The van der Waals surface area contributed by atoms with Crippen molar-refractivity contribution in [3.05, 3.63) is 59.8 Å². The number of fused-ring (bicyclic) bond motifs is 1. The number of nitrogens with two attached hydrogens (primary N) is 2. The van der Waals surface area contributed by atoms with E-state index in [9.17, 15) is 4.79 Å². The summed E-state index contributed by atoms with van der Waals surface area (Å²) in [6.07, 6.45) is 9.00. The van der Waals surface area contributed by atoms with Crippen molar-refractivity contribution in [2.24, 2.45) is 11.5 Å². The molecule has 0 amide bonds. The lowest BCUT2D eigenvalue weighted by atomic mass is 9.89. The number of carbonyl (C=O) groups excluding carboxylic acids is 1. The third kappa shape index (κ3) is 3.84. The molecule has 0 radical (unpaired) electrons. The predicted molar refractivity (Wildman–Crippen MR) is 126 cm³/mol.